The summed E-state index contributed by atoms with van der Waals surface area (Å²) in [4.78, 5) is 26.9. The first-order valence-electron chi connectivity index (χ1n) is 10.4. The lowest BCUT2D eigenvalue weighted by Crippen LogP contribution is -2.48. The zero-order valence-corrected chi connectivity index (χ0v) is 18.4. The van der Waals surface area contributed by atoms with Gasteiger partial charge < -0.3 is 14.4 Å². The first-order valence-corrected chi connectivity index (χ1v) is 11.9. The molecule has 1 atom stereocenters. The van der Waals surface area contributed by atoms with Crippen LogP contribution in [0.2, 0.25) is 0 Å². The van der Waals surface area contributed by atoms with Gasteiger partial charge in [0.15, 0.2) is 0 Å². The van der Waals surface area contributed by atoms with Gasteiger partial charge in [0.25, 0.3) is 0 Å². The third-order valence-electron chi connectivity index (χ3n) is 5.54. The van der Waals surface area contributed by atoms with Crippen molar-refractivity contribution in [2.75, 3.05) is 39.9 Å². The van der Waals surface area contributed by atoms with Crippen LogP contribution in [0, 0.1) is 11.8 Å². The molecule has 0 bridgehead atoms. The van der Waals surface area contributed by atoms with E-state index in [2.05, 4.69) is 0 Å². The second kappa shape index (κ2) is 9.78. The maximum Gasteiger partial charge on any atom is 0.325 e. The third-order valence-corrected chi connectivity index (χ3v) is 7.42. The molecule has 1 aliphatic carbocycles. The number of carbonyl (C=O) groups excluding carboxylic acids is 2. The molecule has 1 amide bonds. The highest BCUT2D eigenvalue weighted by Crippen LogP contribution is 2.31. The molecule has 2 fully saturated rings. The van der Waals surface area contributed by atoms with Crippen LogP contribution in [0.5, 0.6) is 5.75 Å². The Kier molecular flexibility index (Phi) is 7.36. The maximum absolute atomic E-state index is 13.2. The molecule has 1 saturated carbocycles. The quantitative estimate of drug-likeness (QED) is 0.547. The van der Waals surface area contributed by atoms with Gasteiger partial charge in [-0.1, -0.05) is 0 Å². The average molecular weight is 439 g/mol. The van der Waals surface area contributed by atoms with Crippen LogP contribution >= 0.6 is 0 Å². The van der Waals surface area contributed by atoms with E-state index in [1.54, 1.807) is 24.0 Å². The number of carbonyl (C=O) groups is 2. The largest absolute Gasteiger partial charge is 0.497 e. The van der Waals surface area contributed by atoms with Crippen LogP contribution in [0.4, 0.5) is 0 Å². The first kappa shape index (κ1) is 22.6. The molecule has 166 valence electrons. The van der Waals surface area contributed by atoms with Gasteiger partial charge in [-0.15, -0.1) is 0 Å². The van der Waals surface area contributed by atoms with E-state index >= 15 is 0 Å². The average Bonchev–Trinajstić information content (AvgIpc) is 3.57. The van der Waals surface area contributed by atoms with Crippen molar-refractivity contribution in [1.29, 1.82) is 0 Å². The number of methoxy groups -OCH3 is 1. The highest BCUT2D eigenvalue weighted by Gasteiger charge is 2.37. The van der Waals surface area contributed by atoms with Gasteiger partial charge in [0, 0.05) is 19.6 Å². The molecule has 1 unspecified atom stereocenters. The zero-order chi connectivity index (χ0) is 21.7. The molecule has 1 aliphatic heterocycles. The fourth-order valence-electron chi connectivity index (χ4n) is 3.72. The fourth-order valence-corrected chi connectivity index (χ4v) is 5.25. The van der Waals surface area contributed by atoms with Gasteiger partial charge in [0.05, 0.1) is 24.5 Å². The Morgan fingerprint density at radius 3 is 2.47 bits per heavy atom. The molecule has 0 radical (unpaired) electrons. The molecule has 1 heterocycles. The lowest BCUT2D eigenvalue weighted by Gasteiger charge is -2.34. The molecular formula is C21H30N2O6S. The first-order chi connectivity index (χ1) is 14.3. The van der Waals surface area contributed by atoms with Crippen molar-refractivity contribution < 1.29 is 27.5 Å². The molecule has 0 aromatic heterocycles. The lowest BCUT2D eigenvalue weighted by molar-refractivity contribution is -0.150. The van der Waals surface area contributed by atoms with Crippen molar-refractivity contribution in [1.82, 2.24) is 9.21 Å². The van der Waals surface area contributed by atoms with E-state index in [-0.39, 0.29) is 30.5 Å². The number of hydrogen-bond donors (Lipinski definition) is 0. The number of piperidine rings is 1. The van der Waals surface area contributed by atoms with Crippen molar-refractivity contribution in [3.05, 3.63) is 24.3 Å². The van der Waals surface area contributed by atoms with Crippen LogP contribution < -0.4 is 4.74 Å². The van der Waals surface area contributed by atoms with Gasteiger partial charge in [-0.3, -0.25) is 9.59 Å². The Bertz CT molecular complexity index is 851. The van der Waals surface area contributed by atoms with Gasteiger partial charge in [-0.2, -0.15) is 4.31 Å². The molecule has 1 aromatic rings. The summed E-state index contributed by atoms with van der Waals surface area (Å²) in [5, 5.41) is 0. The van der Waals surface area contributed by atoms with Crippen molar-refractivity contribution in [2.45, 2.75) is 37.5 Å². The second-order valence-electron chi connectivity index (χ2n) is 7.84. The topological polar surface area (TPSA) is 93.2 Å². The van der Waals surface area contributed by atoms with Gasteiger partial charge in [-0.25, -0.2) is 8.42 Å². The molecule has 3 rings (SSSR count). The van der Waals surface area contributed by atoms with Crippen LogP contribution in [-0.2, 0) is 24.3 Å². The molecular weight excluding hydrogens is 408 g/mol. The molecule has 30 heavy (non-hydrogen) atoms. The van der Waals surface area contributed by atoms with Crippen LogP contribution in [0.15, 0.2) is 29.2 Å². The van der Waals surface area contributed by atoms with E-state index in [0.29, 0.717) is 37.6 Å². The smallest absolute Gasteiger partial charge is 0.325 e. The summed E-state index contributed by atoms with van der Waals surface area (Å²) in [7, 11) is -2.18. The Hall–Kier alpha value is -2.13. The minimum absolute atomic E-state index is 0.0785. The number of benzene rings is 1. The van der Waals surface area contributed by atoms with Crippen LogP contribution in [0.25, 0.3) is 0 Å². The number of sulfonamides is 1. The highest BCUT2D eigenvalue weighted by molar-refractivity contribution is 7.89. The normalized spacial score (nSPS) is 19.9. The lowest BCUT2D eigenvalue weighted by atomic mass is 9.98. The van der Waals surface area contributed by atoms with E-state index in [1.807, 2.05) is 0 Å². The van der Waals surface area contributed by atoms with E-state index in [1.165, 1.54) is 23.5 Å². The summed E-state index contributed by atoms with van der Waals surface area (Å²) in [6, 6.07) is 6.24. The molecule has 0 N–H and O–H groups in total. The number of rotatable bonds is 9. The van der Waals surface area contributed by atoms with E-state index in [9.17, 15) is 18.0 Å². The maximum atomic E-state index is 13.2. The van der Waals surface area contributed by atoms with Gasteiger partial charge in [0.1, 0.15) is 12.3 Å². The summed E-state index contributed by atoms with van der Waals surface area (Å²) >= 11 is 0. The number of nitrogens with zero attached hydrogens (tertiary/aromatic N) is 2. The number of ether oxygens (including phenoxy) is 2. The summed E-state index contributed by atoms with van der Waals surface area (Å²) < 4.78 is 37.6. The Balaban J connectivity index is 1.70. The van der Waals surface area contributed by atoms with Crippen LogP contribution in [0.1, 0.15) is 32.6 Å². The second-order valence-corrected chi connectivity index (χ2v) is 9.78. The monoisotopic (exact) mass is 438 g/mol. The Morgan fingerprint density at radius 1 is 1.17 bits per heavy atom. The minimum atomic E-state index is -3.71. The van der Waals surface area contributed by atoms with E-state index in [0.717, 1.165) is 12.8 Å². The molecule has 2 aliphatic rings. The number of esters is 1. The standard InChI is InChI=1S/C21H30N2O6S/c1-3-29-20(24)15-22(13-16-6-7-16)21(25)17-5-4-12-23(14-17)30(26,27)19-10-8-18(28-2)9-11-19/h8-11,16-17H,3-7,12-15H2,1-2H3. The highest BCUT2D eigenvalue weighted by atomic mass is 32.2. The van der Waals surface area contributed by atoms with Crippen LogP contribution in [0.3, 0.4) is 0 Å². The van der Waals surface area contributed by atoms with Crippen molar-refractivity contribution in [3.8, 4) is 5.75 Å². The van der Waals surface area contributed by atoms with Gasteiger partial charge in [0.2, 0.25) is 15.9 Å². The summed E-state index contributed by atoms with van der Waals surface area (Å²) in [6.07, 6.45) is 3.31. The molecule has 8 nitrogen and oxygen atoms in total. The fraction of sp³-hybridized carbons (Fsp3) is 0.619. The Morgan fingerprint density at radius 2 is 1.87 bits per heavy atom. The Labute approximate surface area is 178 Å². The third kappa shape index (κ3) is 5.51. The predicted octanol–water partition coefficient (Wildman–Crippen LogP) is 1.90. The number of hydrogen-bond acceptors (Lipinski definition) is 6. The summed E-state index contributed by atoms with van der Waals surface area (Å²) in [5.74, 6) is -0.0454. The molecule has 1 saturated heterocycles. The molecule has 9 heteroatoms. The van der Waals surface area contributed by atoms with Gasteiger partial charge >= 0.3 is 5.97 Å². The van der Waals surface area contributed by atoms with Crippen molar-refractivity contribution in [3.63, 3.8) is 0 Å². The minimum Gasteiger partial charge on any atom is -0.497 e. The van der Waals surface area contributed by atoms with Crippen molar-refractivity contribution in [2.24, 2.45) is 11.8 Å². The van der Waals surface area contributed by atoms with E-state index in [4.69, 9.17) is 9.47 Å². The van der Waals surface area contributed by atoms with Crippen LogP contribution in [-0.4, -0.2) is 69.4 Å². The SMILES string of the molecule is CCOC(=O)CN(CC1CC1)C(=O)C1CCCN(S(=O)(=O)c2ccc(OC)cc2)C1. The molecule has 0 spiro atoms. The van der Waals surface area contributed by atoms with Gasteiger partial charge in [-0.05, 0) is 62.8 Å². The van der Waals surface area contributed by atoms with Crippen molar-refractivity contribution >= 4 is 21.9 Å². The predicted molar refractivity (Wildman–Crippen MR) is 110 cm³/mol. The molecule has 1 aromatic carbocycles. The summed E-state index contributed by atoms with van der Waals surface area (Å²) in [6.45, 7) is 2.94. The van der Waals surface area contributed by atoms with E-state index < -0.39 is 21.9 Å². The number of amides is 1. The summed E-state index contributed by atoms with van der Waals surface area (Å²) in [5.41, 5.74) is 0. The zero-order valence-electron chi connectivity index (χ0n) is 17.6.